The van der Waals surface area contributed by atoms with Crippen molar-refractivity contribution in [3.63, 3.8) is 0 Å². The molecule has 2 nitrogen and oxygen atoms in total. The number of piperidine rings is 1. The van der Waals surface area contributed by atoms with Crippen molar-refractivity contribution in [2.45, 2.75) is 70.9 Å². The predicted molar refractivity (Wildman–Crippen MR) is 81.3 cm³/mol. The molecule has 3 rings (SSSR count). The van der Waals surface area contributed by atoms with E-state index in [0.717, 1.165) is 29.8 Å². The molecule has 0 aromatic heterocycles. The molecule has 2 saturated carbocycles. The van der Waals surface area contributed by atoms with Gasteiger partial charge in [-0.1, -0.05) is 13.8 Å². The lowest BCUT2D eigenvalue weighted by molar-refractivity contribution is 0.0758. The Hall–Kier alpha value is -0.0800. The van der Waals surface area contributed by atoms with E-state index in [1.807, 2.05) is 0 Å². The second kappa shape index (κ2) is 6.13. The van der Waals surface area contributed by atoms with E-state index in [-0.39, 0.29) is 0 Å². The molecule has 0 spiro atoms. The molecule has 19 heavy (non-hydrogen) atoms. The van der Waals surface area contributed by atoms with Crippen LogP contribution < -0.4 is 5.32 Å². The predicted octanol–water partition coefficient (Wildman–Crippen LogP) is 3.28. The monoisotopic (exact) mass is 264 g/mol. The van der Waals surface area contributed by atoms with Crippen molar-refractivity contribution >= 4 is 0 Å². The lowest BCUT2D eigenvalue weighted by Crippen LogP contribution is -2.45. The maximum absolute atomic E-state index is 3.72. The third-order valence-corrected chi connectivity index (χ3v) is 6.01. The van der Waals surface area contributed by atoms with Gasteiger partial charge >= 0.3 is 0 Å². The van der Waals surface area contributed by atoms with Crippen molar-refractivity contribution in [1.82, 2.24) is 10.2 Å². The molecule has 3 aliphatic rings. The topological polar surface area (TPSA) is 15.3 Å². The van der Waals surface area contributed by atoms with Crippen molar-refractivity contribution in [1.29, 1.82) is 0 Å². The fourth-order valence-corrected chi connectivity index (χ4v) is 3.99. The van der Waals surface area contributed by atoms with Crippen LogP contribution in [0.3, 0.4) is 0 Å². The van der Waals surface area contributed by atoms with Crippen LogP contribution in [0, 0.1) is 17.8 Å². The second-order valence-electron chi connectivity index (χ2n) is 7.58. The normalized spacial score (nSPS) is 38.5. The van der Waals surface area contributed by atoms with Crippen molar-refractivity contribution in [2.75, 3.05) is 19.6 Å². The first-order chi connectivity index (χ1) is 9.22. The fraction of sp³-hybridized carbons (Fsp3) is 1.00. The maximum atomic E-state index is 3.72. The standard InChI is InChI=1S/C17H32N2/c1-13-3-6-17(11-14(13)2)19-9-7-15(8-10-19)12-18-16-4-5-16/h13-18H,3-12H2,1-2H3. The second-order valence-corrected chi connectivity index (χ2v) is 7.58. The number of nitrogens with one attached hydrogen (secondary N) is 1. The van der Waals surface area contributed by atoms with Gasteiger partial charge in [0.1, 0.15) is 0 Å². The van der Waals surface area contributed by atoms with E-state index in [1.165, 1.54) is 64.6 Å². The molecular formula is C17H32N2. The Kier molecular flexibility index (Phi) is 4.48. The first-order valence-electron chi connectivity index (χ1n) is 8.70. The summed E-state index contributed by atoms with van der Waals surface area (Å²) in [6.07, 6.45) is 10.1. The van der Waals surface area contributed by atoms with E-state index in [9.17, 15) is 0 Å². The fourth-order valence-electron chi connectivity index (χ4n) is 3.99. The van der Waals surface area contributed by atoms with E-state index in [0.29, 0.717) is 0 Å². The third kappa shape index (κ3) is 3.72. The Balaban J connectivity index is 1.39. The average Bonchev–Trinajstić information content (AvgIpc) is 3.24. The highest BCUT2D eigenvalue weighted by molar-refractivity contribution is 4.87. The molecule has 0 aromatic rings. The van der Waals surface area contributed by atoms with E-state index in [4.69, 9.17) is 0 Å². The van der Waals surface area contributed by atoms with Gasteiger partial charge in [-0.3, -0.25) is 0 Å². The summed E-state index contributed by atoms with van der Waals surface area (Å²) in [6.45, 7) is 8.92. The molecule has 1 heterocycles. The summed E-state index contributed by atoms with van der Waals surface area (Å²) in [6, 6.07) is 1.79. The van der Waals surface area contributed by atoms with Gasteiger partial charge in [0.15, 0.2) is 0 Å². The summed E-state index contributed by atoms with van der Waals surface area (Å²) >= 11 is 0. The number of hydrogen-bond acceptors (Lipinski definition) is 2. The Morgan fingerprint density at radius 2 is 1.63 bits per heavy atom. The van der Waals surface area contributed by atoms with Crippen LogP contribution in [0.4, 0.5) is 0 Å². The van der Waals surface area contributed by atoms with Gasteiger partial charge in [0.25, 0.3) is 0 Å². The SMILES string of the molecule is CC1CCC(N2CCC(CNC3CC3)CC2)CC1C. The molecule has 2 heteroatoms. The smallest absolute Gasteiger partial charge is 0.00979 e. The summed E-state index contributed by atoms with van der Waals surface area (Å²) in [7, 11) is 0. The molecule has 2 aliphatic carbocycles. The molecule has 0 bridgehead atoms. The van der Waals surface area contributed by atoms with Crippen LogP contribution in [-0.2, 0) is 0 Å². The Bertz CT molecular complexity index is 279. The van der Waals surface area contributed by atoms with Gasteiger partial charge in [-0.15, -0.1) is 0 Å². The summed E-state index contributed by atoms with van der Waals surface area (Å²) < 4.78 is 0. The molecule has 0 amide bonds. The molecule has 0 aromatic carbocycles. The molecule has 1 aliphatic heterocycles. The van der Waals surface area contributed by atoms with Gasteiger partial charge in [0.05, 0.1) is 0 Å². The molecule has 3 atom stereocenters. The average molecular weight is 264 g/mol. The van der Waals surface area contributed by atoms with E-state index in [2.05, 4.69) is 24.1 Å². The first kappa shape index (κ1) is 13.9. The van der Waals surface area contributed by atoms with Crippen LogP contribution >= 0.6 is 0 Å². The van der Waals surface area contributed by atoms with Crippen molar-refractivity contribution < 1.29 is 0 Å². The lowest BCUT2D eigenvalue weighted by atomic mass is 9.78. The third-order valence-electron chi connectivity index (χ3n) is 6.01. The maximum Gasteiger partial charge on any atom is 0.00979 e. The van der Waals surface area contributed by atoms with Crippen LogP contribution in [0.25, 0.3) is 0 Å². The molecule has 3 fully saturated rings. The van der Waals surface area contributed by atoms with Crippen LogP contribution in [0.15, 0.2) is 0 Å². The van der Waals surface area contributed by atoms with Gasteiger partial charge in [-0.2, -0.15) is 0 Å². The number of hydrogen-bond donors (Lipinski definition) is 1. The highest BCUT2D eigenvalue weighted by Gasteiger charge is 2.31. The molecule has 110 valence electrons. The number of rotatable bonds is 4. The summed E-state index contributed by atoms with van der Waals surface area (Å²) in [5.74, 6) is 2.85. The number of likely N-dealkylation sites (tertiary alicyclic amines) is 1. The van der Waals surface area contributed by atoms with Gasteiger partial charge < -0.3 is 10.2 Å². The quantitative estimate of drug-likeness (QED) is 0.838. The Morgan fingerprint density at radius 1 is 0.895 bits per heavy atom. The van der Waals surface area contributed by atoms with E-state index >= 15 is 0 Å². The summed E-state index contributed by atoms with van der Waals surface area (Å²) in [5, 5.41) is 3.72. The molecule has 0 radical (unpaired) electrons. The minimum atomic E-state index is 0.888. The largest absolute Gasteiger partial charge is 0.314 e. The number of nitrogens with zero attached hydrogens (tertiary/aromatic N) is 1. The van der Waals surface area contributed by atoms with Crippen LogP contribution in [0.1, 0.15) is 58.8 Å². The zero-order chi connectivity index (χ0) is 13.2. The zero-order valence-electron chi connectivity index (χ0n) is 12.9. The minimum Gasteiger partial charge on any atom is -0.314 e. The minimum absolute atomic E-state index is 0.888. The van der Waals surface area contributed by atoms with Gasteiger partial charge in [0, 0.05) is 12.1 Å². The first-order valence-corrected chi connectivity index (χ1v) is 8.70. The van der Waals surface area contributed by atoms with Crippen molar-refractivity contribution in [3.8, 4) is 0 Å². The Labute approximate surface area is 119 Å². The summed E-state index contributed by atoms with van der Waals surface area (Å²) in [5.41, 5.74) is 0. The Morgan fingerprint density at radius 3 is 2.26 bits per heavy atom. The highest BCUT2D eigenvalue weighted by Crippen LogP contribution is 2.33. The van der Waals surface area contributed by atoms with Crippen molar-refractivity contribution in [3.05, 3.63) is 0 Å². The van der Waals surface area contributed by atoms with Crippen LogP contribution in [-0.4, -0.2) is 36.6 Å². The molecule has 1 saturated heterocycles. The van der Waals surface area contributed by atoms with Gasteiger partial charge in [-0.05, 0) is 82.3 Å². The van der Waals surface area contributed by atoms with Crippen LogP contribution in [0.5, 0.6) is 0 Å². The van der Waals surface area contributed by atoms with Gasteiger partial charge in [-0.25, -0.2) is 0 Å². The van der Waals surface area contributed by atoms with Gasteiger partial charge in [0.2, 0.25) is 0 Å². The summed E-state index contributed by atoms with van der Waals surface area (Å²) in [4.78, 5) is 2.82. The van der Waals surface area contributed by atoms with E-state index in [1.54, 1.807) is 0 Å². The zero-order valence-corrected chi connectivity index (χ0v) is 12.9. The molecule has 3 unspecified atom stereocenters. The van der Waals surface area contributed by atoms with Crippen LogP contribution in [0.2, 0.25) is 0 Å². The highest BCUT2D eigenvalue weighted by atomic mass is 15.2. The molecular weight excluding hydrogens is 232 g/mol. The lowest BCUT2D eigenvalue weighted by Gasteiger charge is -2.42. The van der Waals surface area contributed by atoms with E-state index < -0.39 is 0 Å². The van der Waals surface area contributed by atoms with Crippen molar-refractivity contribution in [2.24, 2.45) is 17.8 Å². The molecule has 1 N–H and O–H groups in total.